The van der Waals surface area contributed by atoms with Gasteiger partial charge < -0.3 is 0 Å². The third-order valence-corrected chi connectivity index (χ3v) is 5.17. The molecule has 1 atom stereocenters. The second-order valence-corrected chi connectivity index (χ2v) is 7.89. The fraction of sp³-hybridized carbons (Fsp3) is 0.900. The molecular formula is C20H40. The van der Waals surface area contributed by atoms with E-state index in [2.05, 4.69) is 55.4 Å². The van der Waals surface area contributed by atoms with Crippen LogP contribution in [0.3, 0.4) is 0 Å². The molecular weight excluding hydrogens is 240 g/mol. The van der Waals surface area contributed by atoms with Crippen molar-refractivity contribution in [2.75, 3.05) is 0 Å². The summed E-state index contributed by atoms with van der Waals surface area (Å²) in [6, 6.07) is 0. The van der Waals surface area contributed by atoms with Crippen molar-refractivity contribution in [3.63, 3.8) is 0 Å². The Bertz CT molecular complexity index is 282. The lowest BCUT2D eigenvalue weighted by atomic mass is 9.73. The van der Waals surface area contributed by atoms with Gasteiger partial charge in [-0.05, 0) is 56.8 Å². The van der Waals surface area contributed by atoms with E-state index in [0.29, 0.717) is 5.41 Å². The van der Waals surface area contributed by atoms with Crippen molar-refractivity contribution in [1.82, 2.24) is 0 Å². The molecule has 0 fully saturated rings. The van der Waals surface area contributed by atoms with Crippen molar-refractivity contribution < 1.29 is 0 Å². The lowest BCUT2D eigenvalue weighted by Gasteiger charge is -2.32. The summed E-state index contributed by atoms with van der Waals surface area (Å²) in [6.07, 6.45) is 9.39. The largest absolute Gasteiger partial charge is 0.0738 e. The highest BCUT2D eigenvalue weighted by molar-refractivity contribution is 5.18. The predicted octanol–water partition coefficient (Wildman–Crippen LogP) is 7.39. The van der Waals surface area contributed by atoms with E-state index < -0.39 is 0 Å². The van der Waals surface area contributed by atoms with Crippen LogP contribution >= 0.6 is 0 Å². The minimum Gasteiger partial charge on any atom is -0.0738 e. The van der Waals surface area contributed by atoms with E-state index in [0.717, 1.165) is 11.8 Å². The summed E-state index contributed by atoms with van der Waals surface area (Å²) in [7, 11) is 0. The molecule has 0 radical (unpaired) electrons. The Balaban J connectivity index is 4.57. The summed E-state index contributed by atoms with van der Waals surface area (Å²) in [5.74, 6) is 1.68. The normalized spacial score (nSPS) is 16.5. The molecule has 0 aliphatic heterocycles. The van der Waals surface area contributed by atoms with Gasteiger partial charge in [0.2, 0.25) is 0 Å². The van der Waals surface area contributed by atoms with Gasteiger partial charge in [0, 0.05) is 0 Å². The highest BCUT2D eigenvalue weighted by atomic mass is 14.3. The first kappa shape index (κ1) is 19.7. The molecule has 0 aromatic heterocycles. The van der Waals surface area contributed by atoms with Gasteiger partial charge in [-0.15, -0.1) is 0 Å². The van der Waals surface area contributed by atoms with Crippen molar-refractivity contribution in [3.8, 4) is 0 Å². The SMILES string of the molecule is CCC(C)(CCCC(C)C)/C(C)=C(/C)CCCC(C)C. The molecule has 0 spiro atoms. The van der Waals surface area contributed by atoms with Crippen LogP contribution in [0.5, 0.6) is 0 Å². The van der Waals surface area contributed by atoms with Crippen molar-refractivity contribution in [3.05, 3.63) is 11.1 Å². The average molecular weight is 281 g/mol. The monoisotopic (exact) mass is 280 g/mol. The maximum atomic E-state index is 2.48. The van der Waals surface area contributed by atoms with Crippen LogP contribution in [0.1, 0.15) is 100 Å². The number of hydrogen-bond acceptors (Lipinski definition) is 0. The smallest absolute Gasteiger partial charge is 0.0119 e. The van der Waals surface area contributed by atoms with E-state index >= 15 is 0 Å². The zero-order chi connectivity index (χ0) is 15.8. The first-order valence-corrected chi connectivity index (χ1v) is 8.89. The van der Waals surface area contributed by atoms with Gasteiger partial charge in [-0.3, -0.25) is 0 Å². The molecule has 0 saturated carbocycles. The zero-order valence-corrected chi connectivity index (χ0v) is 15.6. The van der Waals surface area contributed by atoms with E-state index in [1.807, 2.05) is 0 Å². The Labute approximate surface area is 129 Å². The van der Waals surface area contributed by atoms with E-state index in [1.165, 1.54) is 44.9 Å². The number of hydrogen-bond donors (Lipinski definition) is 0. The molecule has 120 valence electrons. The topological polar surface area (TPSA) is 0 Å². The molecule has 0 amide bonds. The van der Waals surface area contributed by atoms with Crippen LogP contribution < -0.4 is 0 Å². The van der Waals surface area contributed by atoms with Gasteiger partial charge in [-0.25, -0.2) is 0 Å². The van der Waals surface area contributed by atoms with Crippen LogP contribution in [-0.4, -0.2) is 0 Å². The predicted molar refractivity (Wildman–Crippen MR) is 94.2 cm³/mol. The molecule has 0 aliphatic rings. The van der Waals surface area contributed by atoms with Crippen molar-refractivity contribution in [2.45, 2.75) is 100 Å². The van der Waals surface area contributed by atoms with Crippen LogP contribution in [0.25, 0.3) is 0 Å². The summed E-state index contributed by atoms with van der Waals surface area (Å²) in [5.41, 5.74) is 3.75. The Morgan fingerprint density at radius 1 is 0.900 bits per heavy atom. The molecule has 0 saturated heterocycles. The Hall–Kier alpha value is -0.260. The minimum absolute atomic E-state index is 0.427. The molecule has 0 aromatic rings. The highest BCUT2D eigenvalue weighted by Gasteiger charge is 2.25. The summed E-state index contributed by atoms with van der Waals surface area (Å²) in [6.45, 7) is 18.9. The van der Waals surface area contributed by atoms with Gasteiger partial charge in [-0.2, -0.15) is 0 Å². The standard InChI is InChI=1S/C20H40/c1-9-20(8,15-11-13-17(4)5)19(7)18(6)14-10-12-16(2)3/h16-17H,9-15H2,1-8H3/b19-18-. The van der Waals surface area contributed by atoms with E-state index in [9.17, 15) is 0 Å². The fourth-order valence-corrected chi connectivity index (χ4v) is 3.01. The maximum absolute atomic E-state index is 2.48. The van der Waals surface area contributed by atoms with Gasteiger partial charge in [0.1, 0.15) is 0 Å². The second kappa shape index (κ2) is 9.64. The third kappa shape index (κ3) is 7.50. The molecule has 0 aliphatic carbocycles. The summed E-state index contributed by atoms with van der Waals surface area (Å²) in [4.78, 5) is 0. The van der Waals surface area contributed by atoms with Crippen LogP contribution in [-0.2, 0) is 0 Å². The molecule has 0 bridgehead atoms. The Morgan fingerprint density at radius 2 is 1.40 bits per heavy atom. The van der Waals surface area contributed by atoms with Gasteiger partial charge >= 0.3 is 0 Å². The Morgan fingerprint density at radius 3 is 1.85 bits per heavy atom. The fourth-order valence-electron chi connectivity index (χ4n) is 3.01. The van der Waals surface area contributed by atoms with Gasteiger partial charge in [0.25, 0.3) is 0 Å². The first-order valence-electron chi connectivity index (χ1n) is 8.89. The Kier molecular flexibility index (Phi) is 9.51. The zero-order valence-electron chi connectivity index (χ0n) is 15.6. The maximum Gasteiger partial charge on any atom is -0.0119 e. The van der Waals surface area contributed by atoms with Crippen LogP contribution in [0.4, 0.5) is 0 Å². The van der Waals surface area contributed by atoms with Gasteiger partial charge in [-0.1, -0.05) is 72.0 Å². The molecule has 0 rings (SSSR count). The second-order valence-electron chi connectivity index (χ2n) is 7.89. The molecule has 0 nitrogen and oxygen atoms in total. The lowest BCUT2D eigenvalue weighted by Crippen LogP contribution is -2.18. The van der Waals surface area contributed by atoms with Crippen LogP contribution in [0.2, 0.25) is 0 Å². The number of allylic oxidation sites excluding steroid dienone is 2. The van der Waals surface area contributed by atoms with Crippen molar-refractivity contribution in [2.24, 2.45) is 17.3 Å². The van der Waals surface area contributed by atoms with Gasteiger partial charge in [0.05, 0.1) is 0 Å². The highest BCUT2D eigenvalue weighted by Crippen LogP contribution is 2.39. The first-order chi connectivity index (χ1) is 9.23. The summed E-state index contributed by atoms with van der Waals surface area (Å²) < 4.78 is 0. The van der Waals surface area contributed by atoms with Gasteiger partial charge in [0.15, 0.2) is 0 Å². The molecule has 1 unspecified atom stereocenters. The third-order valence-electron chi connectivity index (χ3n) is 5.17. The van der Waals surface area contributed by atoms with E-state index in [4.69, 9.17) is 0 Å². The lowest BCUT2D eigenvalue weighted by molar-refractivity contribution is 0.322. The molecule has 0 N–H and O–H groups in total. The van der Waals surface area contributed by atoms with Crippen LogP contribution in [0, 0.1) is 17.3 Å². The molecule has 20 heavy (non-hydrogen) atoms. The number of rotatable bonds is 10. The summed E-state index contributed by atoms with van der Waals surface area (Å²) in [5, 5.41) is 0. The average Bonchev–Trinajstić information content (AvgIpc) is 2.36. The van der Waals surface area contributed by atoms with Crippen LogP contribution in [0.15, 0.2) is 11.1 Å². The molecule has 0 aromatic carbocycles. The van der Waals surface area contributed by atoms with E-state index in [1.54, 1.807) is 11.1 Å². The summed E-state index contributed by atoms with van der Waals surface area (Å²) >= 11 is 0. The van der Waals surface area contributed by atoms with Crippen molar-refractivity contribution >= 4 is 0 Å². The minimum atomic E-state index is 0.427. The van der Waals surface area contributed by atoms with E-state index in [-0.39, 0.29) is 0 Å². The van der Waals surface area contributed by atoms with Crippen molar-refractivity contribution in [1.29, 1.82) is 0 Å². The quantitative estimate of drug-likeness (QED) is 0.366. The molecule has 0 heteroatoms. The molecule has 0 heterocycles.